The summed E-state index contributed by atoms with van der Waals surface area (Å²) in [6, 6.07) is -0.0539. The third-order valence-electron chi connectivity index (χ3n) is 3.16. The normalized spacial score (nSPS) is 14.9. The van der Waals surface area contributed by atoms with Gasteiger partial charge in [0.1, 0.15) is 0 Å². The smallest absolute Gasteiger partial charge is 0.211 e. The number of sulfonamides is 1. The lowest BCUT2D eigenvalue weighted by atomic mass is 9.89. The van der Waals surface area contributed by atoms with E-state index in [1.807, 2.05) is 41.5 Å². The van der Waals surface area contributed by atoms with Crippen LogP contribution in [0.4, 0.5) is 0 Å². The van der Waals surface area contributed by atoms with Gasteiger partial charge in [0.2, 0.25) is 10.0 Å². The Morgan fingerprint density at radius 1 is 1.05 bits per heavy atom. The molecule has 0 aromatic heterocycles. The predicted molar refractivity (Wildman–Crippen MR) is 80.8 cm³/mol. The minimum Gasteiger partial charge on any atom is -0.379 e. The highest BCUT2D eigenvalue weighted by atomic mass is 32.2. The molecule has 0 aromatic carbocycles. The molecular weight excluding hydrogens is 262 g/mol. The van der Waals surface area contributed by atoms with Gasteiger partial charge in [-0.15, -0.1) is 0 Å². The first-order valence-corrected chi connectivity index (χ1v) is 8.81. The molecule has 0 spiro atoms. The molecule has 0 saturated carbocycles. The monoisotopic (exact) mass is 293 g/mol. The number of hydrogen-bond acceptors (Lipinski definition) is 3. The van der Waals surface area contributed by atoms with Gasteiger partial charge in [-0.05, 0) is 39.0 Å². The number of nitrogens with one attached hydrogen (secondary N) is 1. The summed E-state index contributed by atoms with van der Waals surface area (Å²) in [6.07, 6.45) is 2.74. The Morgan fingerprint density at radius 3 is 2.11 bits per heavy atom. The van der Waals surface area contributed by atoms with Crippen LogP contribution in [0.5, 0.6) is 0 Å². The number of rotatable bonds is 9. The van der Waals surface area contributed by atoms with E-state index in [0.29, 0.717) is 13.0 Å². The Hall–Kier alpha value is -0.130. The second-order valence-corrected chi connectivity index (χ2v) is 8.38. The molecule has 5 heteroatoms. The summed E-state index contributed by atoms with van der Waals surface area (Å²) in [6.45, 7) is 12.7. The van der Waals surface area contributed by atoms with E-state index in [0.717, 1.165) is 12.8 Å². The molecule has 0 aliphatic heterocycles. The van der Waals surface area contributed by atoms with Crippen LogP contribution in [0.3, 0.4) is 0 Å². The van der Waals surface area contributed by atoms with Gasteiger partial charge < -0.3 is 4.74 Å². The van der Waals surface area contributed by atoms with Crippen LogP contribution >= 0.6 is 0 Å². The lowest BCUT2D eigenvalue weighted by molar-refractivity contribution is 0.0759. The molecule has 0 saturated heterocycles. The molecule has 1 atom stereocenters. The van der Waals surface area contributed by atoms with Gasteiger partial charge >= 0.3 is 0 Å². The van der Waals surface area contributed by atoms with Gasteiger partial charge in [-0.2, -0.15) is 0 Å². The van der Waals surface area contributed by atoms with Crippen LogP contribution in [0.2, 0.25) is 0 Å². The van der Waals surface area contributed by atoms with Crippen LogP contribution in [0.15, 0.2) is 0 Å². The Morgan fingerprint density at radius 2 is 1.63 bits per heavy atom. The second kappa shape index (κ2) is 8.22. The molecule has 19 heavy (non-hydrogen) atoms. The summed E-state index contributed by atoms with van der Waals surface area (Å²) in [5.41, 5.74) is -0.0574. The van der Waals surface area contributed by atoms with Crippen LogP contribution < -0.4 is 4.72 Å². The van der Waals surface area contributed by atoms with Crippen molar-refractivity contribution >= 4 is 10.0 Å². The fourth-order valence-corrected chi connectivity index (χ4v) is 2.99. The van der Waals surface area contributed by atoms with Gasteiger partial charge in [0.05, 0.1) is 11.9 Å². The van der Waals surface area contributed by atoms with Gasteiger partial charge in [-0.25, -0.2) is 13.1 Å². The summed E-state index contributed by atoms with van der Waals surface area (Å²) in [4.78, 5) is 0. The van der Waals surface area contributed by atoms with Gasteiger partial charge in [0.15, 0.2) is 0 Å². The van der Waals surface area contributed by atoms with Crippen molar-refractivity contribution in [2.45, 2.75) is 73.0 Å². The molecule has 0 aliphatic rings. The van der Waals surface area contributed by atoms with E-state index < -0.39 is 10.0 Å². The minimum atomic E-state index is -3.16. The molecule has 4 nitrogen and oxygen atoms in total. The van der Waals surface area contributed by atoms with Crippen molar-refractivity contribution in [2.75, 3.05) is 12.4 Å². The van der Waals surface area contributed by atoms with E-state index in [2.05, 4.69) is 4.72 Å². The standard InChI is InChI=1S/C14H31NO3S/c1-12(2)18-10-8-7-9-11-19(16,17)15-13(3)14(4,5)6/h12-13,15H,7-11H2,1-6H3/t13-/m1/s1. The summed E-state index contributed by atoms with van der Waals surface area (Å²) < 4.78 is 31.9. The Kier molecular flexibility index (Phi) is 8.17. The largest absolute Gasteiger partial charge is 0.379 e. The van der Waals surface area contributed by atoms with Gasteiger partial charge in [0, 0.05) is 12.6 Å². The minimum absolute atomic E-state index is 0.0539. The maximum atomic E-state index is 11.9. The molecule has 0 fully saturated rings. The van der Waals surface area contributed by atoms with Crippen molar-refractivity contribution in [3.63, 3.8) is 0 Å². The fraction of sp³-hybridized carbons (Fsp3) is 1.00. The number of unbranched alkanes of at least 4 members (excludes halogenated alkanes) is 2. The molecule has 0 amide bonds. The Bertz CT molecular complexity index is 331. The predicted octanol–water partition coefficient (Wildman–Crippen LogP) is 2.94. The Labute approximate surface area is 119 Å². The SMILES string of the molecule is CC(C)OCCCCCS(=O)(=O)N[C@H](C)C(C)(C)C. The van der Waals surface area contributed by atoms with Crippen molar-refractivity contribution in [1.82, 2.24) is 4.72 Å². The summed E-state index contributed by atoms with van der Waals surface area (Å²) in [5, 5.41) is 0. The van der Waals surface area contributed by atoms with Crippen molar-refractivity contribution in [3.05, 3.63) is 0 Å². The van der Waals surface area contributed by atoms with Crippen LogP contribution in [0, 0.1) is 5.41 Å². The third-order valence-corrected chi connectivity index (χ3v) is 4.70. The molecule has 0 heterocycles. The lowest BCUT2D eigenvalue weighted by Crippen LogP contribution is -2.42. The zero-order valence-electron chi connectivity index (χ0n) is 13.3. The average Bonchev–Trinajstić information content (AvgIpc) is 2.20. The molecule has 0 rings (SSSR count). The van der Waals surface area contributed by atoms with Crippen LogP contribution in [0.25, 0.3) is 0 Å². The zero-order chi connectivity index (χ0) is 15.1. The molecule has 0 aromatic rings. The van der Waals surface area contributed by atoms with Gasteiger partial charge in [0.25, 0.3) is 0 Å². The highest BCUT2D eigenvalue weighted by Gasteiger charge is 2.24. The van der Waals surface area contributed by atoms with E-state index in [1.165, 1.54) is 0 Å². The number of hydrogen-bond donors (Lipinski definition) is 1. The Balaban J connectivity index is 3.86. The van der Waals surface area contributed by atoms with E-state index in [4.69, 9.17) is 4.74 Å². The quantitative estimate of drug-likeness (QED) is 0.665. The molecule has 0 radical (unpaired) electrons. The van der Waals surface area contributed by atoms with E-state index in [9.17, 15) is 8.42 Å². The molecular formula is C14H31NO3S. The van der Waals surface area contributed by atoms with Crippen molar-refractivity contribution in [1.29, 1.82) is 0 Å². The topological polar surface area (TPSA) is 55.4 Å². The zero-order valence-corrected chi connectivity index (χ0v) is 14.1. The van der Waals surface area contributed by atoms with Crippen molar-refractivity contribution < 1.29 is 13.2 Å². The summed E-state index contributed by atoms with van der Waals surface area (Å²) >= 11 is 0. The van der Waals surface area contributed by atoms with Gasteiger partial charge in [-0.3, -0.25) is 0 Å². The lowest BCUT2D eigenvalue weighted by Gasteiger charge is -2.27. The highest BCUT2D eigenvalue weighted by Crippen LogP contribution is 2.19. The first-order chi connectivity index (χ1) is 8.54. The molecule has 0 aliphatic carbocycles. The van der Waals surface area contributed by atoms with Crippen LogP contribution in [0.1, 0.15) is 60.8 Å². The van der Waals surface area contributed by atoms with Crippen LogP contribution in [-0.2, 0) is 14.8 Å². The van der Waals surface area contributed by atoms with Gasteiger partial charge in [-0.1, -0.05) is 27.2 Å². The van der Waals surface area contributed by atoms with Crippen LogP contribution in [-0.4, -0.2) is 32.9 Å². The molecule has 0 bridgehead atoms. The third kappa shape index (κ3) is 10.3. The second-order valence-electron chi connectivity index (χ2n) is 6.50. The first kappa shape index (κ1) is 18.9. The highest BCUT2D eigenvalue weighted by molar-refractivity contribution is 7.89. The summed E-state index contributed by atoms with van der Waals surface area (Å²) in [5.74, 6) is 0.203. The maximum absolute atomic E-state index is 11.9. The molecule has 116 valence electrons. The fourth-order valence-electron chi connectivity index (χ4n) is 1.39. The average molecular weight is 293 g/mol. The molecule has 0 unspecified atom stereocenters. The summed E-state index contributed by atoms with van der Waals surface area (Å²) in [7, 11) is -3.16. The van der Waals surface area contributed by atoms with Crippen molar-refractivity contribution in [2.24, 2.45) is 5.41 Å². The van der Waals surface area contributed by atoms with E-state index in [1.54, 1.807) is 0 Å². The maximum Gasteiger partial charge on any atom is 0.211 e. The molecule has 1 N–H and O–H groups in total. The first-order valence-electron chi connectivity index (χ1n) is 7.16. The number of ether oxygens (including phenoxy) is 1. The van der Waals surface area contributed by atoms with E-state index >= 15 is 0 Å². The van der Waals surface area contributed by atoms with Crippen molar-refractivity contribution in [3.8, 4) is 0 Å². The van der Waals surface area contributed by atoms with E-state index in [-0.39, 0.29) is 23.3 Å².